The number of ether oxygens (including phenoxy) is 1. The number of anilines is 1. The zero-order valence-corrected chi connectivity index (χ0v) is 15.9. The first-order valence-corrected chi connectivity index (χ1v) is 9.73. The fraction of sp³-hybridized carbons (Fsp3) is 0.400. The fourth-order valence-electron chi connectivity index (χ4n) is 2.68. The molecule has 1 unspecified atom stereocenters. The van der Waals surface area contributed by atoms with Gasteiger partial charge in [-0.05, 0) is 49.3 Å². The number of hydrogen-bond acceptors (Lipinski definition) is 5. The Balaban J connectivity index is 1.90. The van der Waals surface area contributed by atoms with Crippen LogP contribution in [0, 0.1) is 0 Å². The van der Waals surface area contributed by atoms with Gasteiger partial charge in [0.25, 0.3) is 0 Å². The maximum absolute atomic E-state index is 6.23. The summed E-state index contributed by atoms with van der Waals surface area (Å²) in [5.41, 5.74) is 15.4. The van der Waals surface area contributed by atoms with Crippen molar-refractivity contribution in [3.05, 3.63) is 59.7 Å². The maximum Gasteiger partial charge on any atom is 0.131 e. The Hall–Kier alpha value is -1.69. The standard InChI is InChI=1S/C20H29N3OS/c1-3-25-20(2,22)23-18-11-12-19(17(14-18)15-21)24-13-7-10-16-8-5-4-6-9-16/h4-6,8-9,11-12,14,23H,3,7,10,13,15,21-22H2,1-2H3. The average Bonchev–Trinajstić information content (AvgIpc) is 2.60. The number of hydrogen-bond donors (Lipinski definition) is 3. The van der Waals surface area contributed by atoms with Crippen LogP contribution in [0.4, 0.5) is 5.69 Å². The molecule has 136 valence electrons. The Bertz CT molecular complexity index is 647. The molecule has 0 aliphatic rings. The molecular formula is C20H29N3OS. The summed E-state index contributed by atoms with van der Waals surface area (Å²) in [6, 6.07) is 16.4. The van der Waals surface area contributed by atoms with Gasteiger partial charge in [-0.3, -0.25) is 0 Å². The molecule has 0 bridgehead atoms. The minimum absolute atomic E-state index is 0.436. The first-order chi connectivity index (χ1) is 12.0. The molecular weight excluding hydrogens is 330 g/mol. The molecule has 0 saturated heterocycles. The van der Waals surface area contributed by atoms with Gasteiger partial charge < -0.3 is 21.5 Å². The lowest BCUT2D eigenvalue weighted by molar-refractivity contribution is 0.308. The van der Waals surface area contributed by atoms with Crippen LogP contribution in [0.5, 0.6) is 5.75 Å². The van der Waals surface area contributed by atoms with E-state index in [-0.39, 0.29) is 0 Å². The second-order valence-corrected chi connectivity index (χ2v) is 7.84. The zero-order valence-electron chi connectivity index (χ0n) is 15.1. The van der Waals surface area contributed by atoms with Gasteiger partial charge in [-0.1, -0.05) is 37.3 Å². The summed E-state index contributed by atoms with van der Waals surface area (Å²) in [7, 11) is 0. The van der Waals surface area contributed by atoms with Crippen LogP contribution in [-0.4, -0.2) is 17.4 Å². The molecule has 0 amide bonds. The number of benzene rings is 2. The van der Waals surface area contributed by atoms with Crippen molar-refractivity contribution < 1.29 is 4.74 Å². The summed E-state index contributed by atoms with van der Waals surface area (Å²) in [5, 5.41) is 3.34. The molecule has 0 saturated carbocycles. The largest absolute Gasteiger partial charge is 0.493 e. The van der Waals surface area contributed by atoms with Crippen LogP contribution in [0.3, 0.4) is 0 Å². The summed E-state index contributed by atoms with van der Waals surface area (Å²) in [4.78, 5) is -0.501. The molecule has 0 heterocycles. The van der Waals surface area contributed by atoms with E-state index in [1.807, 2.05) is 31.2 Å². The number of rotatable bonds is 10. The van der Waals surface area contributed by atoms with Crippen molar-refractivity contribution in [1.82, 2.24) is 0 Å². The quantitative estimate of drug-likeness (QED) is 0.442. The maximum atomic E-state index is 6.23. The summed E-state index contributed by atoms with van der Waals surface area (Å²) in [5.74, 6) is 1.80. The van der Waals surface area contributed by atoms with Gasteiger partial charge in [0.2, 0.25) is 0 Å². The topological polar surface area (TPSA) is 73.3 Å². The van der Waals surface area contributed by atoms with E-state index < -0.39 is 4.99 Å². The normalized spacial score (nSPS) is 13.3. The molecule has 25 heavy (non-hydrogen) atoms. The first-order valence-electron chi connectivity index (χ1n) is 8.75. The van der Waals surface area contributed by atoms with Gasteiger partial charge in [-0.15, -0.1) is 11.8 Å². The summed E-state index contributed by atoms with van der Waals surface area (Å²) >= 11 is 1.66. The van der Waals surface area contributed by atoms with Crippen LogP contribution in [-0.2, 0) is 13.0 Å². The molecule has 5 heteroatoms. The Morgan fingerprint density at radius 1 is 1.16 bits per heavy atom. The molecule has 0 aromatic heterocycles. The minimum atomic E-state index is -0.501. The molecule has 0 fully saturated rings. The molecule has 2 aromatic carbocycles. The van der Waals surface area contributed by atoms with Crippen molar-refractivity contribution in [2.75, 3.05) is 17.7 Å². The van der Waals surface area contributed by atoms with Gasteiger partial charge >= 0.3 is 0 Å². The highest BCUT2D eigenvalue weighted by atomic mass is 32.2. The van der Waals surface area contributed by atoms with E-state index in [9.17, 15) is 0 Å². The van der Waals surface area contributed by atoms with Crippen molar-refractivity contribution in [3.8, 4) is 5.75 Å². The molecule has 0 aliphatic heterocycles. The number of thioether (sulfide) groups is 1. The molecule has 0 spiro atoms. The van der Waals surface area contributed by atoms with E-state index in [4.69, 9.17) is 16.2 Å². The van der Waals surface area contributed by atoms with E-state index in [1.54, 1.807) is 11.8 Å². The van der Waals surface area contributed by atoms with Gasteiger partial charge in [-0.25, -0.2) is 0 Å². The van der Waals surface area contributed by atoms with Crippen molar-refractivity contribution in [2.24, 2.45) is 11.5 Å². The third kappa shape index (κ3) is 6.61. The predicted molar refractivity (Wildman–Crippen MR) is 109 cm³/mol. The van der Waals surface area contributed by atoms with Crippen LogP contribution in [0.1, 0.15) is 31.4 Å². The Morgan fingerprint density at radius 3 is 2.60 bits per heavy atom. The van der Waals surface area contributed by atoms with Gasteiger partial charge in [0, 0.05) is 17.8 Å². The number of nitrogens with two attached hydrogens (primary N) is 2. The highest BCUT2D eigenvalue weighted by Gasteiger charge is 2.17. The first kappa shape index (κ1) is 19.6. The fourth-order valence-corrected chi connectivity index (χ4v) is 3.47. The van der Waals surface area contributed by atoms with Gasteiger partial charge in [-0.2, -0.15) is 0 Å². The lowest BCUT2D eigenvalue weighted by atomic mass is 10.1. The van der Waals surface area contributed by atoms with Crippen LogP contribution in [0.25, 0.3) is 0 Å². The van der Waals surface area contributed by atoms with Crippen molar-refractivity contribution in [1.29, 1.82) is 0 Å². The average molecular weight is 360 g/mol. The summed E-state index contributed by atoms with van der Waals surface area (Å²) < 4.78 is 5.94. The van der Waals surface area contributed by atoms with E-state index >= 15 is 0 Å². The van der Waals surface area contributed by atoms with Crippen molar-refractivity contribution in [2.45, 2.75) is 38.2 Å². The van der Waals surface area contributed by atoms with Gasteiger partial charge in [0.1, 0.15) is 10.7 Å². The molecule has 4 nitrogen and oxygen atoms in total. The zero-order chi connectivity index (χ0) is 18.1. The number of aryl methyl sites for hydroxylation is 1. The van der Waals surface area contributed by atoms with Crippen LogP contribution in [0.15, 0.2) is 48.5 Å². The molecule has 0 radical (unpaired) electrons. The molecule has 2 rings (SSSR count). The highest BCUT2D eigenvalue weighted by Crippen LogP contribution is 2.27. The summed E-state index contributed by atoms with van der Waals surface area (Å²) in [6.07, 6.45) is 1.99. The van der Waals surface area contributed by atoms with E-state index in [2.05, 4.69) is 36.5 Å². The van der Waals surface area contributed by atoms with Crippen molar-refractivity contribution >= 4 is 17.4 Å². The third-order valence-corrected chi connectivity index (χ3v) is 4.82. The summed E-state index contributed by atoms with van der Waals surface area (Å²) in [6.45, 7) is 5.17. The lowest BCUT2D eigenvalue weighted by Crippen LogP contribution is -2.41. The second kappa shape index (κ2) is 9.70. The smallest absolute Gasteiger partial charge is 0.131 e. The van der Waals surface area contributed by atoms with E-state index in [1.165, 1.54) is 5.56 Å². The molecule has 2 aromatic rings. The van der Waals surface area contributed by atoms with Crippen LogP contribution in [0.2, 0.25) is 0 Å². The monoisotopic (exact) mass is 359 g/mol. The predicted octanol–water partition coefficient (Wildman–Crippen LogP) is 3.95. The van der Waals surface area contributed by atoms with E-state index in [0.29, 0.717) is 13.2 Å². The minimum Gasteiger partial charge on any atom is -0.493 e. The lowest BCUT2D eigenvalue weighted by Gasteiger charge is -2.26. The molecule has 0 aliphatic carbocycles. The van der Waals surface area contributed by atoms with Gasteiger partial charge in [0.15, 0.2) is 0 Å². The second-order valence-electron chi connectivity index (χ2n) is 6.13. The van der Waals surface area contributed by atoms with Crippen LogP contribution >= 0.6 is 11.8 Å². The third-order valence-electron chi connectivity index (χ3n) is 3.83. The Morgan fingerprint density at radius 2 is 1.92 bits per heavy atom. The number of nitrogens with one attached hydrogen (secondary N) is 1. The van der Waals surface area contributed by atoms with E-state index in [0.717, 1.165) is 35.6 Å². The Kier molecular flexibility index (Phi) is 7.62. The van der Waals surface area contributed by atoms with Gasteiger partial charge in [0.05, 0.1) is 6.61 Å². The van der Waals surface area contributed by atoms with Crippen molar-refractivity contribution in [3.63, 3.8) is 0 Å². The van der Waals surface area contributed by atoms with Crippen LogP contribution < -0.4 is 21.5 Å². The SMILES string of the molecule is CCSC(C)(N)Nc1ccc(OCCCc2ccccc2)c(CN)c1. The Labute approximate surface area is 155 Å². The molecule has 5 N–H and O–H groups in total. The molecule has 1 atom stereocenters. The highest BCUT2D eigenvalue weighted by molar-refractivity contribution is 8.00.